The summed E-state index contributed by atoms with van der Waals surface area (Å²) in [6.07, 6.45) is 4.32. The van der Waals surface area contributed by atoms with Crippen molar-refractivity contribution in [1.82, 2.24) is 14.1 Å². The molecule has 0 radical (unpaired) electrons. The third-order valence-electron chi connectivity index (χ3n) is 7.44. The second-order valence-electron chi connectivity index (χ2n) is 9.55. The van der Waals surface area contributed by atoms with Crippen LogP contribution in [0, 0.1) is 5.92 Å². The minimum atomic E-state index is -3.49. The fraction of sp³-hybridized carbons (Fsp3) is 0.500. The molecule has 7 heteroatoms. The first-order valence-corrected chi connectivity index (χ1v) is 13.6. The molecule has 2 heterocycles. The summed E-state index contributed by atoms with van der Waals surface area (Å²) in [6, 6.07) is 16.0. The number of piperazine rings is 1. The first-order valence-electron chi connectivity index (χ1n) is 12.2. The Kier molecular flexibility index (Phi) is 6.54. The molecule has 1 aliphatic carbocycles. The number of benzene rings is 2. The Morgan fingerprint density at radius 2 is 1.55 bits per heavy atom. The molecule has 33 heavy (non-hydrogen) atoms. The summed E-state index contributed by atoms with van der Waals surface area (Å²) in [5, 5.41) is 0. The first-order chi connectivity index (χ1) is 16.0. The molecule has 0 unspecified atom stereocenters. The molecule has 0 atom stereocenters. The second-order valence-corrected chi connectivity index (χ2v) is 11.5. The van der Waals surface area contributed by atoms with E-state index >= 15 is 0 Å². The van der Waals surface area contributed by atoms with E-state index in [1.807, 2.05) is 23.1 Å². The number of rotatable bonds is 5. The van der Waals surface area contributed by atoms with Crippen molar-refractivity contribution in [2.45, 2.75) is 43.5 Å². The lowest BCUT2D eigenvalue weighted by atomic mass is 9.96. The SMILES string of the molecule is O=C(C1CCN(S(=O)(=O)c2ccc3c(c2)CCC3)CC1)N1CCN(Cc2ccccc2)CC1. The summed E-state index contributed by atoms with van der Waals surface area (Å²) in [6.45, 7) is 5.02. The van der Waals surface area contributed by atoms with Crippen LogP contribution in [0.4, 0.5) is 0 Å². The van der Waals surface area contributed by atoms with Gasteiger partial charge in [0.2, 0.25) is 15.9 Å². The van der Waals surface area contributed by atoms with Gasteiger partial charge in [0, 0.05) is 51.7 Å². The van der Waals surface area contributed by atoms with Gasteiger partial charge in [0.1, 0.15) is 0 Å². The van der Waals surface area contributed by atoms with E-state index in [1.165, 1.54) is 16.7 Å². The summed E-state index contributed by atoms with van der Waals surface area (Å²) in [4.78, 5) is 17.9. The zero-order chi connectivity index (χ0) is 22.8. The van der Waals surface area contributed by atoms with Crippen LogP contribution in [0.25, 0.3) is 0 Å². The molecular formula is C26H33N3O3S. The van der Waals surface area contributed by atoms with Crippen LogP contribution in [-0.2, 0) is 34.2 Å². The first kappa shape index (κ1) is 22.6. The van der Waals surface area contributed by atoms with Gasteiger partial charge in [-0.05, 0) is 60.9 Å². The van der Waals surface area contributed by atoms with Gasteiger partial charge in [-0.1, -0.05) is 36.4 Å². The molecule has 2 aliphatic heterocycles. The molecule has 3 aliphatic rings. The molecule has 5 rings (SSSR count). The van der Waals surface area contributed by atoms with E-state index in [-0.39, 0.29) is 11.8 Å². The van der Waals surface area contributed by atoms with Gasteiger partial charge in [-0.25, -0.2) is 8.42 Å². The number of carbonyl (C=O) groups excluding carboxylic acids is 1. The van der Waals surface area contributed by atoms with E-state index in [2.05, 4.69) is 29.2 Å². The van der Waals surface area contributed by atoms with Crippen molar-refractivity contribution >= 4 is 15.9 Å². The van der Waals surface area contributed by atoms with Crippen molar-refractivity contribution in [2.24, 2.45) is 5.92 Å². The van der Waals surface area contributed by atoms with Crippen molar-refractivity contribution in [3.63, 3.8) is 0 Å². The van der Waals surface area contributed by atoms with Gasteiger partial charge in [-0.15, -0.1) is 0 Å². The van der Waals surface area contributed by atoms with Gasteiger partial charge in [0.05, 0.1) is 4.90 Å². The zero-order valence-electron chi connectivity index (χ0n) is 19.2. The van der Waals surface area contributed by atoms with Crippen LogP contribution in [0.2, 0.25) is 0 Å². The van der Waals surface area contributed by atoms with Gasteiger partial charge in [-0.3, -0.25) is 9.69 Å². The minimum absolute atomic E-state index is 0.0721. The summed E-state index contributed by atoms with van der Waals surface area (Å²) in [7, 11) is -3.49. The number of hydrogen-bond acceptors (Lipinski definition) is 4. The Labute approximate surface area is 197 Å². The largest absolute Gasteiger partial charge is 0.340 e. The van der Waals surface area contributed by atoms with Crippen LogP contribution in [-0.4, -0.2) is 67.7 Å². The van der Waals surface area contributed by atoms with E-state index in [0.29, 0.717) is 30.8 Å². The highest BCUT2D eigenvalue weighted by Gasteiger charge is 2.35. The van der Waals surface area contributed by atoms with Crippen molar-refractivity contribution in [3.05, 3.63) is 65.2 Å². The third-order valence-corrected chi connectivity index (χ3v) is 9.34. The Hall–Kier alpha value is -2.22. The Morgan fingerprint density at radius 3 is 2.27 bits per heavy atom. The summed E-state index contributed by atoms with van der Waals surface area (Å²) >= 11 is 0. The summed E-state index contributed by atoms with van der Waals surface area (Å²) in [5.41, 5.74) is 3.75. The quantitative estimate of drug-likeness (QED) is 0.679. The molecular weight excluding hydrogens is 434 g/mol. The van der Waals surface area contributed by atoms with Crippen molar-refractivity contribution in [3.8, 4) is 0 Å². The lowest BCUT2D eigenvalue weighted by molar-refractivity contribution is -0.138. The normalized spacial score (nSPS) is 20.7. The number of carbonyl (C=O) groups is 1. The average Bonchev–Trinajstić information content (AvgIpc) is 3.33. The number of hydrogen-bond donors (Lipinski definition) is 0. The Morgan fingerprint density at radius 1 is 0.848 bits per heavy atom. The fourth-order valence-electron chi connectivity index (χ4n) is 5.43. The molecule has 2 aromatic carbocycles. The average molecular weight is 468 g/mol. The highest BCUT2D eigenvalue weighted by Crippen LogP contribution is 2.29. The van der Waals surface area contributed by atoms with Gasteiger partial charge in [0.25, 0.3) is 0 Å². The van der Waals surface area contributed by atoms with Gasteiger partial charge in [-0.2, -0.15) is 4.31 Å². The maximum Gasteiger partial charge on any atom is 0.243 e. The molecule has 0 spiro atoms. The van der Waals surface area contributed by atoms with Gasteiger partial charge < -0.3 is 4.90 Å². The van der Waals surface area contributed by atoms with E-state index in [1.54, 1.807) is 10.4 Å². The number of fused-ring (bicyclic) bond motifs is 1. The summed E-state index contributed by atoms with van der Waals surface area (Å²) in [5.74, 6) is 0.126. The Bertz CT molecular complexity index is 1090. The predicted octanol–water partition coefficient (Wildman–Crippen LogP) is 2.92. The third kappa shape index (κ3) is 4.86. The lowest BCUT2D eigenvalue weighted by Crippen LogP contribution is -2.51. The van der Waals surface area contributed by atoms with Crippen LogP contribution < -0.4 is 0 Å². The van der Waals surface area contributed by atoms with Crippen molar-refractivity contribution in [1.29, 1.82) is 0 Å². The number of amides is 1. The predicted molar refractivity (Wildman–Crippen MR) is 128 cm³/mol. The van der Waals surface area contributed by atoms with Crippen LogP contribution in [0.1, 0.15) is 36.0 Å². The van der Waals surface area contributed by atoms with Gasteiger partial charge in [0.15, 0.2) is 0 Å². The standard InChI is InChI=1S/C26H33N3O3S/c30-26(28-17-15-27(16-18-28)20-21-5-2-1-3-6-21)23-11-13-29(14-12-23)33(31,32)25-10-9-22-7-4-8-24(22)19-25/h1-3,5-6,9-10,19,23H,4,7-8,11-18,20H2. The lowest BCUT2D eigenvalue weighted by Gasteiger charge is -2.38. The second kappa shape index (κ2) is 9.57. The topological polar surface area (TPSA) is 60.9 Å². The molecule has 6 nitrogen and oxygen atoms in total. The van der Waals surface area contributed by atoms with Crippen LogP contribution in [0.15, 0.2) is 53.4 Å². The van der Waals surface area contributed by atoms with Crippen molar-refractivity contribution < 1.29 is 13.2 Å². The van der Waals surface area contributed by atoms with Crippen LogP contribution in [0.3, 0.4) is 0 Å². The highest BCUT2D eigenvalue weighted by molar-refractivity contribution is 7.89. The van der Waals surface area contributed by atoms with E-state index in [0.717, 1.165) is 52.0 Å². The van der Waals surface area contributed by atoms with Crippen molar-refractivity contribution in [2.75, 3.05) is 39.3 Å². The molecule has 176 valence electrons. The maximum absolute atomic E-state index is 13.2. The molecule has 0 saturated carbocycles. The molecule has 0 aromatic heterocycles. The molecule has 2 saturated heterocycles. The van der Waals surface area contributed by atoms with Gasteiger partial charge >= 0.3 is 0 Å². The van der Waals surface area contributed by atoms with Crippen LogP contribution >= 0.6 is 0 Å². The zero-order valence-corrected chi connectivity index (χ0v) is 20.0. The number of piperidine rings is 1. The molecule has 1 amide bonds. The number of sulfonamides is 1. The minimum Gasteiger partial charge on any atom is -0.340 e. The monoisotopic (exact) mass is 467 g/mol. The molecule has 0 bridgehead atoms. The smallest absolute Gasteiger partial charge is 0.243 e. The molecule has 0 N–H and O–H groups in total. The number of nitrogens with zero attached hydrogens (tertiary/aromatic N) is 3. The fourth-order valence-corrected chi connectivity index (χ4v) is 6.95. The molecule has 2 fully saturated rings. The van der Waals surface area contributed by atoms with E-state index < -0.39 is 10.0 Å². The maximum atomic E-state index is 13.2. The van der Waals surface area contributed by atoms with E-state index in [4.69, 9.17) is 0 Å². The van der Waals surface area contributed by atoms with Crippen LogP contribution in [0.5, 0.6) is 0 Å². The Balaban J connectivity index is 1.13. The summed E-state index contributed by atoms with van der Waals surface area (Å²) < 4.78 is 27.9. The number of aryl methyl sites for hydroxylation is 2. The molecule has 2 aromatic rings. The van der Waals surface area contributed by atoms with E-state index in [9.17, 15) is 13.2 Å². The highest BCUT2D eigenvalue weighted by atomic mass is 32.2.